The lowest BCUT2D eigenvalue weighted by molar-refractivity contribution is 0.268. The number of hydrogen-bond donors (Lipinski definition) is 3. The number of aromatic amines is 1. The van der Waals surface area contributed by atoms with Crippen LogP contribution in [0.4, 0.5) is 0 Å². The van der Waals surface area contributed by atoms with Crippen molar-refractivity contribution >= 4 is 0 Å². The molecule has 0 aromatic carbocycles. The van der Waals surface area contributed by atoms with E-state index in [4.69, 9.17) is 10.2 Å². The van der Waals surface area contributed by atoms with E-state index in [0.717, 1.165) is 6.07 Å². The molecule has 1 heterocycles. The van der Waals surface area contributed by atoms with Gasteiger partial charge in [0.2, 0.25) is 5.88 Å². The van der Waals surface area contributed by atoms with Gasteiger partial charge in [0.15, 0.2) is 0 Å². The fraction of sp³-hybridized carbons (Fsp3) is 0.200. The minimum absolute atomic E-state index is 0.0602. The van der Waals surface area contributed by atoms with Gasteiger partial charge in [-0.3, -0.25) is 4.79 Å². The van der Waals surface area contributed by atoms with Crippen LogP contribution in [0.1, 0.15) is 5.82 Å². The van der Waals surface area contributed by atoms with Crippen LogP contribution < -0.4 is 5.56 Å². The van der Waals surface area contributed by atoms with Crippen molar-refractivity contribution in [2.75, 3.05) is 0 Å². The fourth-order valence-corrected chi connectivity index (χ4v) is 0.569. The first-order chi connectivity index (χ1) is 4.72. The van der Waals surface area contributed by atoms with Crippen molar-refractivity contribution in [1.82, 2.24) is 9.97 Å². The van der Waals surface area contributed by atoms with Crippen molar-refractivity contribution < 1.29 is 10.2 Å². The predicted molar refractivity (Wildman–Crippen MR) is 32.4 cm³/mol. The molecule has 0 aliphatic carbocycles. The molecule has 1 rings (SSSR count). The molecule has 0 saturated carbocycles. The maximum atomic E-state index is 10.5. The highest BCUT2D eigenvalue weighted by molar-refractivity contribution is 5.05. The second-order valence-corrected chi connectivity index (χ2v) is 1.71. The number of aliphatic hydroxyl groups excluding tert-OH is 1. The molecule has 0 amide bonds. The average molecular weight is 142 g/mol. The third-order valence-electron chi connectivity index (χ3n) is 0.927. The van der Waals surface area contributed by atoms with Gasteiger partial charge in [-0.15, -0.1) is 0 Å². The molecule has 0 radical (unpaired) electrons. The largest absolute Gasteiger partial charge is 0.493 e. The molecule has 5 nitrogen and oxygen atoms in total. The molecule has 0 unspecified atom stereocenters. The Balaban J connectivity index is 3.19. The van der Waals surface area contributed by atoms with Crippen LogP contribution in [0.3, 0.4) is 0 Å². The Labute approximate surface area is 56.0 Å². The van der Waals surface area contributed by atoms with E-state index in [-0.39, 0.29) is 18.3 Å². The maximum absolute atomic E-state index is 10.5. The predicted octanol–water partition coefficient (Wildman–Crippen LogP) is -1.03. The van der Waals surface area contributed by atoms with Gasteiger partial charge < -0.3 is 15.2 Å². The van der Waals surface area contributed by atoms with Crippen molar-refractivity contribution in [3.8, 4) is 5.88 Å². The second kappa shape index (κ2) is 2.49. The van der Waals surface area contributed by atoms with E-state index in [1.165, 1.54) is 0 Å². The molecule has 1 aromatic rings. The van der Waals surface area contributed by atoms with Crippen LogP contribution in [0.25, 0.3) is 0 Å². The minimum atomic E-state index is -0.475. The van der Waals surface area contributed by atoms with Gasteiger partial charge in [-0.05, 0) is 0 Å². The van der Waals surface area contributed by atoms with E-state index < -0.39 is 5.56 Å². The molecule has 0 aliphatic heterocycles. The molecule has 0 aliphatic rings. The Morgan fingerprint density at radius 2 is 2.40 bits per heavy atom. The zero-order valence-electron chi connectivity index (χ0n) is 5.03. The Morgan fingerprint density at radius 3 is 2.90 bits per heavy atom. The van der Waals surface area contributed by atoms with Crippen LogP contribution in [-0.4, -0.2) is 20.2 Å². The summed E-state index contributed by atoms with van der Waals surface area (Å²) < 4.78 is 0. The highest BCUT2D eigenvalue weighted by atomic mass is 16.3. The maximum Gasteiger partial charge on any atom is 0.254 e. The summed E-state index contributed by atoms with van der Waals surface area (Å²) in [6.07, 6.45) is 0. The van der Waals surface area contributed by atoms with E-state index >= 15 is 0 Å². The lowest BCUT2D eigenvalue weighted by Gasteiger charge is -1.93. The smallest absolute Gasteiger partial charge is 0.254 e. The lowest BCUT2D eigenvalue weighted by Crippen LogP contribution is -2.08. The van der Waals surface area contributed by atoms with Gasteiger partial charge in [-0.2, -0.15) is 4.98 Å². The van der Waals surface area contributed by atoms with Crippen molar-refractivity contribution in [2.45, 2.75) is 6.61 Å². The average Bonchev–Trinajstić information content (AvgIpc) is 1.85. The third kappa shape index (κ3) is 1.32. The van der Waals surface area contributed by atoms with Crippen LogP contribution in [0.5, 0.6) is 5.88 Å². The molecule has 0 spiro atoms. The molecule has 10 heavy (non-hydrogen) atoms. The minimum Gasteiger partial charge on any atom is -0.493 e. The molecule has 1 aromatic heterocycles. The molecule has 5 heteroatoms. The number of aromatic hydroxyl groups is 1. The molecular weight excluding hydrogens is 136 g/mol. The number of nitrogens with zero attached hydrogens (tertiary/aromatic N) is 1. The third-order valence-corrected chi connectivity index (χ3v) is 0.927. The Kier molecular flexibility index (Phi) is 1.68. The molecule has 0 saturated heterocycles. The molecular formula is C5H6N2O3. The van der Waals surface area contributed by atoms with Crippen molar-refractivity contribution in [1.29, 1.82) is 0 Å². The SMILES string of the molecule is O=c1cc(O)nc(CO)[nH]1. The highest BCUT2D eigenvalue weighted by Gasteiger charge is 1.95. The van der Waals surface area contributed by atoms with Gasteiger partial charge in [0.05, 0.1) is 6.07 Å². The fourth-order valence-electron chi connectivity index (χ4n) is 0.569. The first-order valence-electron chi connectivity index (χ1n) is 2.62. The first-order valence-corrected chi connectivity index (χ1v) is 2.62. The number of H-pyrrole nitrogens is 1. The lowest BCUT2D eigenvalue weighted by atomic mass is 10.5. The molecule has 0 fully saturated rings. The van der Waals surface area contributed by atoms with E-state index in [1.54, 1.807) is 0 Å². The van der Waals surface area contributed by atoms with Crippen molar-refractivity contribution in [2.24, 2.45) is 0 Å². The summed E-state index contributed by atoms with van der Waals surface area (Å²) in [6, 6.07) is 0.930. The summed E-state index contributed by atoms with van der Waals surface area (Å²) in [5.41, 5.74) is -0.475. The highest BCUT2D eigenvalue weighted by Crippen LogP contribution is 1.96. The van der Waals surface area contributed by atoms with E-state index in [1.807, 2.05) is 0 Å². The van der Waals surface area contributed by atoms with E-state index in [0.29, 0.717) is 0 Å². The van der Waals surface area contributed by atoms with Crippen LogP contribution in [-0.2, 0) is 6.61 Å². The van der Waals surface area contributed by atoms with Gasteiger partial charge in [0, 0.05) is 0 Å². The first kappa shape index (κ1) is 6.76. The van der Waals surface area contributed by atoms with Gasteiger partial charge in [-0.1, -0.05) is 0 Å². The Bertz CT molecular complexity index is 280. The van der Waals surface area contributed by atoms with E-state index in [9.17, 15) is 4.79 Å². The second-order valence-electron chi connectivity index (χ2n) is 1.71. The summed E-state index contributed by atoms with van der Waals surface area (Å²) in [5.74, 6) is -0.321. The number of aliphatic hydroxyl groups is 1. The van der Waals surface area contributed by atoms with Gasteiger partial charge in [0.25, 0.3) is 5.56 Å². The molecule has 0 bridgehead atoms. The zero-order chi connectivity index (χ0) is 7.56. The van der Waals surface area contributed by atoms with E-state index in [2.05, 4.69) is 9.97 Å². The Hall–Kier alpha value is -1.36. The topological polar surface area (TPSA) is 86.2 Å². The van der Waals surface area contributed by atoms with Gasteiger partial charge in [-0.25, -0.2) is 0 Å². The Morgan fingerprint density at radius 1 is 1.70 bits per heavy atom. The summed E-state index contributed by atoms with van der Waals surface area (Å²) >= 11 is 0. The monoisotopic (exact) mass is 142 g/mol. The van der Waals surface area contributed by atoms with Crippen LogP contribution >= 0.6 is 0 Å². The molecule has 0 atom stereocenters. The number of rotatable bonds is 1. The number of nitrogens with one attached hydrogen (secondary N) is 1. The van der Waals surface area contributed by atoms with Gasteiger partial charge in [0.1, 0.15) is 12.4 Å². The molecule has 3 N–H and O–H groups in total. The van der Waals surface area contributed by atoms with Crippen LogP contribution in [0.2, 0.25) is 0 Å². The van der Waals surface area contributed by atoms with Gasteiger partial charge >= 0.3 is 0 Å². The zero-order valence-corrected chi connectivity index (χ0v) is 5.03. The quantitative estimate of drug-likeness (QED) is 0.467. The van der Waals surface area contributed by atoms with Crippen LogP contribution in [0.15, 0.2) is 10.9 Å². The van der Waals surface area contributed by atoms with Crippen LogP contribution in [0, 0.1) is 0 Å². The molecule has 54 valence electrons. The summed E-state index contributed by atoms with van der Waals surface area (Å²) in [4.78, 5) is 16.1. The summed E-state index contributed by atoms with van der Waals surface area (Å²) in [5, 5.41) is 17.1. The summed E-state index contributed by atoms with van der Waals surface area (Å²) in [6.45, 7) is -0.385. The normalized spacial score (nSPS) is 9.70. The van der Waals surface area contributed by atoms with Crippen molar-refractivity contribution in [3.63, 3.8) is 0 Å². The van der Waals surface area contributed by atoms with Crippen molar-refractivity contribution in [3.05, 3.63) is 22.2 Å². The number of hydrogen-bond acceptors (Lipinski definition) is 4. The number of aromatic nitrogens is 2. The summed E-state index contributed by atoms with van der Waals surface area (Å²) in [7, 11) is 0. The standard InChI is InChI=1S/C5H6N2O3/c8-2-3-6-4(9)1-5(10)7-3/h1,8H,2H2,(H2,6,7,9,10).